The van der Waals surface area contributed by atoms with Crippen molar-refractivity contribution >= 4 is 5.91 Å². The summed E-state index contributed by atoms with van der Waals surface area (Å²) in [4.78, 5) is 29.4. The highest BCUT2D eigenvalue weighted by Crippen LogP contribution is 2.01. The average Bonchev–Trinajstić information content (AvgIpc) is 2.27. The Morgan fingerprint density at radius 1 is 1.50 bits per heavy atom. The number of aromatic nitrogens is 2. The van der Waals surface area contributed by atoms with Crippen molar-refractivity contribution in [3.63, 3.8) is 0 Å². The molecule has 1 aromatic rings. The summed E-state index contributed by atoms with van der Waals surface area (Å²) in [5.41, 5.74) is 1.31. The summed E-state index contributed by atoms with van der Waals surface area (Å²) >= 11 is 0. The molecule has 0 saturated heterocycles. The summed E-state index contributed by atoms with van der Waals surface area (Å²) in [7, 11) is 0. The Morgan fingerprint density at radius 3 is 2.78 bits per heavy atom. The van der Waals surface area contributed by atoms with Crippen molar-refractivity contribution < 1.29 is 4.79 Å². The Hall–Kier alpha value is -1.65. The predicted octanol–water partition coefficient (Wildman–Crippen LogP) is 1.04. The zero-order valence-electron chi connectivity index (χ0n) is 11.2. The molecule has 0 fully saturated rings. The summed E-state index contributed by atoms with van der Waals surface area (Å²) in [5.74, 6) is 0.387. The lowest BCUT2D eigenvalue weighted by Gasteiger charge is -2.05. The van der Waals surface area contributed by atoms with E-state index in [1.54, 1.807) is 6.20 Å². The fourth-order valence-electron chi connectivity index (χ4n) is 1.67. The van der Waals surface area contributed by atoms with Gasteiger partial charge in [0.15, 0.2) is 0 Å². The quantitative estimate of drug-likeness (QED) is 0.742. The van der Waals surface area contributed by atoms with Crippen LogP contribution in [0, 0.1) is 5.92 Å². The van der Waals surface area contributed by atoms with Gasteiger partial charge in [-0.05, 0) is 25.2 Å². The van der Waals surface area contributed by atoms with E-state index in [0.717, 1.165) is 12.1 Å². The molecule has 0 aliphatic carbocycles. The molecule has 0 aliphatic heterocycles. The first-order chi connectivity index (χ1) is 8.49. The number of H-pyrrole nitrogens is 1. The number of aryl methyl sites for hydroxylation is 1. The molecule has 0 spiro atoms. The number of hydrogen-bond acceptors (Lipinski definition) is 3. The van der Waals surface area contributed by atoms with E-state index in [-0.39, 0.29) is 11.5 Å². The molecule has 5 nitrogen and oxygen atoms in total. The van der Waals surface area contributed by atoms with Gasteiger partial charge in [-0.3, -0.25) is 14.6 Å². The molecular formula is C13H21N3O2. The minimum Gasteiger partial charge on any atom is -0.356 e. The maximum Gasteiger partial charge on any atom is 0.269 e. The van der Waals surface area contributed by atoms with Crippen molar-refractivity contribution in [1.82, 2.24) is 15.3 Å². The summed E-state index contributed by atoms with van der Waals surface area (Å²) < 4.78 is 0. The highest BCUT2D eigenvalue weighted by molar-refractivity contribution is 5.72. The molecule has 1 rings (SSSR count). The zero-order valence-corrected chi connectivity index (χ0v) is 11.2. The Kier molecular flexibility index (Phi) is 5.55. The molecule has 2 N–H and O–H groups in total. The first-order valence-electron chi connectivity index (χ1n) is 6.30. The van der Waals surface area contributed by atoms with Gasteiger partial charge < -0.3 is 10.3 Å². The minimum absolute atomic E-state index is 0.0334. The number of hydrogen-bond donors (Lipinski definition) is 2. The maximum absolute atomic E-state index is 11.7. The first-order valence-corrected chi connectivity index (χ1v) is 6.30. The Balaban J connectivity index is 2.51. The maximum atomic E-state index is 11.7. The second-order valence-electron chi connectivity index (χ2n) is 4.87. The van der Waals surface area contributed by atoms with Crippen LogP contribution in [0.3, 0.4) is 0 Å². The van der Waals surface area contributed by atoms with Crippen LogP contribution in [0.25, 0.3) is 0 Å². The topological polar surface area (TPSA) is 74.8 Å². The van der Waals surface area contributed by atoms with Crippen molar-refractivity contribution in [2.45, 2.75) is 40.0 Å². The van der Waals surface area contributed by atoms with Crippen molar-refractivity contribution in [2.24, 2.45) is 5.92 Å². The highest BCUT2D eigenvalue weighted by atomic mass is 16.1. The summed E-state index contributed by atoms with van der Waals surface area (Å²) in [6.07, 6.45) is 3.92. The van der Waals surface area contributed by atoms with E-state index in [4.69, 9.17) is 0 Å². The van der Waals surface area contributed by atoms with Gasteiger partial charge in [-0.1, -0.05) is 13.8 Å². The van der Waals surface area contributed by atoms with Gasteiger partial charge in [0, 0.05) is 25.4 Å². The molecule has 1 amide bonds. The van der Waals surface area contributed by atoms with Crippen LogP contribution in [0.5, 0.6) is 0 Å². The monoisotopic (exact) mass is 251 g/mol. The molecule has 0 aromatic carbocycles. The molecule has 0 atom stereocenters. The SMILES string of the molecule is CC(=O)NCCCc1cnc(CC(C)C)c(=O)[nH]1. The van der Waals surface area contributed by atoms with Crippen LogP contribution in [-0.2, 0) is 17.6 Å². The molecule has 0 unspecified atom stereocenters. The predicted molar refractivity (Wildman–Crippen MR) is 70.4 cm³/mol. The number of rotatable bonds is 6. The molecule has 18 heavy (non-hydrogen) atoms. The van der Waals surface area contributed by atoms with Gasteiger partial charge in [-0.2, -0.15) is 0 Å². The second kappa shape index (κ2) is 6.93. The van der Waals surface area contributed by atoms with E-state index in [9.17, 15) is 9.59 Å². The molecule has 1 aromatic heterocycles. The Morgan fingerprint density at radius 2 is 2.22 bits per heavy atom. The van der Waals surface area contributed by atoms with Crippen LogP contribution >= 0.6 is 0 Å². The molecule has 0 aliphatic rings. The largest absolute Gasteiger partial charge is 0.356 e. The molecule has 0 radical (unpaired) electrons. The number of carbonyl (C=O) groups is 1. The van der Waals surface area contributed by atoms with E-state index >= 15 is 0 Å². The number of nitrogens with zero attached hydrogens (tertiary/aromatic N) is 1. The fourth-order valence-corrected chi connectivity index (χ4v) is 1.67. The van der Waals surface area contributed by atoms with Crippen LogP contribution in [0.1, 0.15) is 38.6 Å². The van der Waals surface area contributed by atoms with Gasteiger partial charge >= 0.3 is 0 Å². The molecule has 100 valence electrons. The lowest BCUT2D eigenvalue weighted by Crippen LogP contribution is -2.22. The molecule has 0 bridgehead atoms. The number of nitrogens with one attached hydrogen (secondary N) is 2. The summed E-state index contributed by atoms with van der Waals surface area (Å²) in [6.45, 7) is 6.22. The van der Waals surface area contributed by atoms with Crippen LogP contribution in [0.4, 0.5) is 0 Å². The lowest BCUT2D eigenvalue weighted by molar-refractivity contribution is -0.118. The van der Waals surface area contributed by atoms with Gasteiger partial charge in [-0.15, -0.1) is 0 Å². The molecule has 0 saturated carbocycles. The third-order valence-electron chi connectivity index (χ3n) is 2.51. The number of aromatic amines is 1. The van der Waals surface area contributed by atoms with E-state index in [1.165, 1.54) is 6.92 Å². The van der Waals surface area contributed by atoms with Gasteiger partial charge in [-0.25, -0.2) is 0 Å². The third-order valence-corrected chi connectivity index (χ3v) is 2.51. The van der Waals surface area contributed by atoms with Crippen LogP contribution in [0.15, 0.2) is 11.0 Å². The molecular weight excluding hydrogens is 230 g/mol. The normalized spacial score (nSPS) is 10.7. The molecule has 5 heteroatoms. The first kappa shape index (κ1) is 14.4. The molecule has 1 heterocycles. The van der Waals surface area contributed by atoms with Crippen LogP contribution < -0.4 is 10.9 Å². The lowest BCUT2D eigenvalue weighted by atomic mass is 10.1. The van der Waals surface area contributed by atoms with E-state index < -0.39 is 0 Å². The summed E-state index contributed by atoms with van der Waals surface area (Å²) in [5, 5.41) is 2.72. The standard InChI is InChI=1S/C13H21N3O2/c1-9(2)7-12-13(18)16-11(8-15-12)5-4-6-14-10(3)17/h8-9H,4-7H2,1-3H3,(H,14,17)(H,16,18). The minimum atomic E-state index is -0.0965. The Bertz CT molecular complexity index is 452. The van der Waals surface area contributed by atoms with Crippen molar-refractivity contribution in [1.29, 1.82) is 0 Å². The zero-order chi connectivity index (χ0) is 13.5. The van der Waals surface area contributed by atoms with Crippen molar-refractivity contribution in [3.05, 3.63) is 27.9 Å². The van der Waals surface area contributed by atoms with Crippen molar-refractivity contribution in [2.75, 3.05) is 6.54 Å². The average molecular weight is 251 g/mol. The Labute approximate surface area is 107 Å². The second-order valence-corrected chi connectivity index (χ2v) is 4.87. The van der Waals surface area contributed by atoms with E-state index in [2.05, 4.69) is 29.1 Å². The van der Waals surface area contributed by atoms with Crippen molar-refractivity contribution in [3.8, 4) is 0 Å². The summed E-state index contributed by atoms with van der Waals surface area (Å²) in [6, 6.07) is 0. The van der Waals surface area contributed by atoms with E-state index in [1.807, 2.05) is 0 Å². The number of carbonyl (C=O) groups excluding carboxylic acids is 1. The highest BCUT2D eigenvalue weighted by Gasteiger charge is 2.05. The van der Waals surface area contributed by atoms with Gasteiger partial charge in [0.1, 0.15) is 5.69 Å². The van der Waals surface area contributed by atoms with Crippen LogP contribution in [-0.4, -0.2) is 22.4 Å². The fraction of sp³-hybridized carbons (Fsp3) is 0.615. The van der Waals surface area contributed by atoms with Crippen LogP contribution in [0.2, 0.25) is 0 Å². The van der Waals surface area contributed by atoms with Gasteiger partial charge in [0.2, 0.25) is 5.91 Å². The number of amides is 1. The van der Waals surface area contributed by atoms with Gasteiger partial charge in [0.05, 0.1) is 0 Å². The smallest absolute Gasteiger partial charge is 0.269 e. The van der Waals surface area contributed by atoms with E-state index in [0.29, 0.717) is 31.0 Å². The third kappa shape index (κ3) is 5.12. The van der Waals surface area contributed by atoms with Gasteiger partial charge in [0.25, 0.3) is 5.56 Å².